The maximum Gasteiger partial charge on any atom is 0.274 e. The number of hydrogen-bond acceptors (Lipinski definition) is 4. The van der Waals surface area contributed by atoms with Crippen LogP contribution in [0.15, 0.2) is 11.0 Å². The Hall–Kier alpha value is -1.36. The van der Waals surface area contributed by atoms with Gasteiger partial charge in [-0.3, -0.25) is 4.79 Å². The van der Waals surface area contributed by atoms with Gasteiger partial charge in [0.05, 0.1) is 6.20 Å². The van der Waals surface area contributed by atoms with Crippen molar-refractivity contribution >= 4 is 5.69 Å². The zero-order valence-corrected chi connectivity index (χ0v) is 10.3. The van der Waals surface area contributed by atoms with Gasteiger partial charge in [0, 0.05) is 7.11 Å². The third-order valence-corrected chi connectivity index (χ3v) is 3.60. The van der Waals surface area contributed by atoms with Gasteiger partial charge >= 0.3 is 0 Å². The van der Waals surface area contributed by atoms with Gasteiger partial charge in [0.15, 0.2) is 0 Å². The molecule has 1 heterocycles. The zero-order chi connectivity index (χ0) is 12.5. The van der Waals surface area contributed by atoms with Gasteiger partial charge in [0.25, 0.3) is 5.56 Å². The van der Waals surface area contributed by atoms with E-state index >= 15 is 0 Å². The van der Waals surface area contributed by atoms with Crippen molar-refractivity contribution in [1.82, 2.24) is 9.97 Å². The number of nitrogens with two attached hydrogens (primary N) is 1. The molecule has 1 aliphatic carbocycles. The lowest BCUT2D eigenvalue weighted by Crippen LogP contribution is -2.37. The van der Waals surface area contributed by atoms with Crippen molar-refractivity contribution in [3.05, 3.63) is 22.4 Å². The van der Waals surface area contributed by atoms with E-state index in [1.807, 2.05) is 0 Å². The SMILES string of the molecule is COC1(c2ncc(N)c(=O)[nH]2)CCCC(C)C1. The summed E-state index contributed by atoms with van der Waals surface area (Å²) in [5, 5.41) is 0. The fourth-order valence-corrected chi connectivity index (χ4v) is 2.64. The highest BCUT2D eigenvalue weighted by molar-refractivity contribution is 5.31. The lowest BCUT2D eigenvalue weighted by atomic mass is 9.78. The Morgan fingerprint density at radius 3 is 3.00 bits per heavy atom. The Labute approximate surface area is 100 Å². The van der Waals surface area contributed by atoms with Crippen LogP contribution in [0.1, 0.15) is 38.4 Å². The molecule has 2 atom stereocenters. The lowest BCUT2D eigenvalue weighted by Gasteiger charge is -2.37. The highest BCUT2D eigenvalue weighted by atomic mass is 16.5. The van der Waals surface area contributed by atoms with Crippen molar-refractivity contribution in [1.29, 1.82) is 0 Å². The second kappa shape index (κ2) is 4.49. The maximum atomic E-state index is 11.5. The summed E-state index contributed by atoms with van der Waals surface area (Å²) >= 11 is 0. The smallest absolute Gasteiger partial charge is 0.274 e. The minimum atomic E-state index is -0.454. The number of rotatable bonds is 2. The number of nitrogens with one attached hydrogen (secondary N) is 1. The van der Waals surface area contributed by atoms with E-state index in [1.54, 1.807) is 7.11 Å². The van der Waals surface area contributed by atoms with Crippen LogP contribution in [0.5, 0.6) is 0 Å². The van der Waals surface area contributed by atoms with E-state index in [9.17, 15) is 4.79 Å². The molecule has 1 saturated carbocycles. The molecule has 5 nitrogen and oxygen atoms in total. The van der Waals surface area contributed by atoms with Gasteiger partial charge in [-0.05, 0) is 25.2 Å². The molecule has 1 fully saturated rings. The summed E-state index contributed by atoms with van der Waals surface area (Å²) in [5.41, 5.74) is 4.88. The molecule has 0 spiro atoms. The number of ether oxygens (including phenoxy) is 1. The first-order chi connectivity index (χ1) is 8.07. The first-order valence-electron chi connectivity index (χ1n) is 5.98. The molecule has 0 amide bonds. The molecule has 2 unspecified atom stereocenters. The van der Waals surface area contributed by atoms with Crippen molar-refractivity contribution in [2.75, 3.05) is 12.8 Å². The number of nitrogens with zero attached hydrogens (tertiary/aromatic N) is 1. The summed E-state index contributed by atoms with van der Waals surface area (Å²) in [4.78, 5) is 18.5. The fraction of sp³-hybridized carbons (Fsp3) is 0.667. The normalized spacial score (nSPS) is 29.2. The number of aromatic nitrogens is 2. The molecule has 5 heteroatoms. The fourth-order valence-electron chi connectivity index (χ4n) is 2.64. The van der Waals surface area contributed by atoms with E-state index in [1.165, 1.54) is 12.6 Å². The molecule has 0 radical (unpaired) electrons. The Kier molecular flexibility index (Phi) is 3.19. The standard InChI is InChI=1S/C12H19N3O2/c1-8-4-3-5-12(6-8,17-2)11-14-7-9(13)10(16)15-11/h7-8H,3-6,13H2,1-2H3,(H,14,15,16). The van der Waals surface area contributed by atoms with E-state index < -0.39 is 5.60 Å². The van der Waals surface area contributed by atoms with Crippen molar-refractivity contribution < 1.29 is 4.74 Å². The summed E-state index contributed by atoms with van der Waals surface area (Å²) < 4.78 is 5.66. The molecule has 1 aromatic rings. The number of aromatic amines is 1. The van der Waals surface area contributed by atoms with E-state index in [2.05, 4.69) is 16.9 Å². The predicted octanol–water partition coefficient (Wildman–Crippen LogP) is 1.40. The van der Waals surface area contributed by atoms with Crippen molar-refractivity contribution in [2.45, 2.75) is 38.2 Å². The van der Waals surface area contributed by atoms with Crippen molar-refractivity contribution in [3.8, 4) is 0 Å². The third kappa shape index (κ3) is 2.20. The molecular weight excluding hydrogens is 218 g/mol. The third-order valence-electron chi connectivity index (χ3n) is 3.60. The second-order valence-electron chi connectivity index (χ2n) is 4.92. The molecule has 17 heavy (non-hydrogen) atoms. The summed E-state index contributed by atoms with van der Waals surface area (Å²) in [5.74, 6) is 1.18. The van der Waals surface area contributed by atoms with Crippen LogP contribution in [0.25, 0.3) is 0 Å². The average Bonchev–Trinajstić information content (AvgIpc) is 2.32. The van der Waals surface area contributed by atoms with Gasteiger partial charge in [-0.25, -0.2) is 4.98 Å². The quantitative estimate of drug-likeness (QED) is 0.814. The van der Waals surface area contributed by atoms with Crippen LogP contribution in [0.3, 0.4) is 0 Å². The minimum Gasteiger partial charge on any atom is -0.393 e. The molecular formula is C12H19N3O2. The Bertz CT molecular complexity index is 457. The largest absolute Gasteiger partial charge is 0.393 e. The van der Waals surface area contributed by atoms with Crippen LogP contribution in [-0.4, -0.2) is 17.1 Å². The van der Waals surface area contributed by atoms with Gasteiger partial charge < -0.3 is 15.5 Å². The minimum absolute atomic E-state index is 0.142. The van der Waals surface area contributed by atoms with Crippen LogP contribution < -0.4 is 11.3 Å². The molecule has 0 aliphatic heterocycles. The monoisotopic (exact) mass is 237 g/mol. The molecule has 1 aromatic heterocycles. The molecule has 2 rings (SSSR count). The molecule has 0 saturated heterocycles. The number of anilines is 1. The highest BCUT2D eigenvalue weighted by Gasteiger charge is 2.38. The summed E-state index contributed by atoms with van der Waals surface area (Å²) in [6.45, 7) is 2.20. The molecule has 1 aliphatic rings. The number of nitrogen functional groups attached to an aromatic ring is 1. The van der Waals surface area contributed by atoms with Gasteiger partial charge in [0.1, 0.15) is 17.1 Å². The molecule has 3 N–H and O–H groups in total. The number of methoxy groups -OCH3 is 1. The average molecular weight is 237 g/mol. The first-order valence-corrected chi connectivity index (χ1v) is 5.98. The first kappa shape index (κ1) is 12.1. The Morgan fingerprint density at radius 2 is 2.41 bits per heavy atom. The topological polar surface area (TPSA) is 81.0 Å². The molecule has 94 valence electrons. The van der Waals surface area contributed by atoms with Gasteiger partial charge in [-0.1, -0.05) is 13.3 Å². The van der Waals surface area contributed by atoms with E-state index in [0.717, 1.165) is 19.3 Å². The van der Waals surface area contributed by atoms with Crippen LogP contribution >= 0.6 is 0 Å². The van der Waals surface area contributed by atoms with Crippen LogP contribution in [0.2, 0.25) is 0 Å². The van der Waals surface area contributed by atoms with Crippen LogP contribution in [0.4, 0.5) is 5.69 Å². The predicted molar refractivity (Wildman–Crippen MR) is 65.6 cm³/mol. The van der Waals surface area contributed by atoms with Crippen LogP contribution in [-0.2, 0) is 10.3 Å². The Morgan fingerprint density at radius 1 is 1.65 bits per heavy atom. The maximum absolute atomic E-state index is 11.5. The lowest BCUT2D eigenvalue weighted by molar-refractivity contribution is -0.0647. The van der Waals surface area contributed by atoms with Gasteiger partial charge in [-0.15, -0.1) is 0 Å². The second-order valence-corrected chi connectivity index (χ2v) is 4.92. The van der Waals surface area contributed by atoms with Gasteiger partial charge in [0.2, 0.25) is 0 Å². The van der Waals surface area contributed by atoms with Gasteiger partial charge in [-0.2, -0.15) is 0 Å². The summed E-state index contributed by atoms with van der Waals surface area (Å²) in [6.07, 6.45) is 5.47. The highest BCUT2D eigenvalue weighted by Crippen LogP contribution is 2.40. The molecule has 0 aromatic carbocycles. The molecule has 0 bridgehead atoms. The van der Waals surface area contributed by atoms with E-state index in [0.29, 0.717) is 11.7 Å². The summed E-state index contributed by atoms with van der Waals surface area (Å²) in [6, 6.07) is 0. The number of hydrogen-bond donors (Lipinski definition) is 2. The van der Waals surface area contributed by atoms with Crippen LogP contribution in [0, 0.1) is 5.92 Å². The van der Waals surface area contributed by atoms with E-state index in [-0.39, 0.29) is 11.2 Å². The number of H-pyrrole nitrogens is 1. The van der Waals surface area contributed by atoms with E-state index in [4.69, 9.17) is 10.5 Å². The van der Waals surface area contributed by atoms with Crippen molar-refractivity contribution in [3.63, 3.8) is 0 Å². The van der Waals surface area contributed by atoms with Crippen molar-refractivity contribution in [2.24, 2.45) is 5.92 Å². The Balaban J connectivity index is 2.40. The summed E-state index contributed by atoms with van der Waals surface area (Å²) in [7, 11) is 1.67. The zero-order valence-electron chi connectivity index (χ0n) is 10.3.